The van der Waals surface area contributed by atoms with Crippen molar-refractivity contribution in [2.45, 2.75) is 19.4 Å². The zero-order chi connectivity index (χ0) is 18.8. The van der Waals surface area contributed by atoms with E-state index in [9.17, 15) is 0 Å². The van der Waals surface area contributed by atoms with E-state index in [0.29, 0.717) is 11.5 Å². The summed E-state index contributed by atoms with van der Waals surface area (Å²) >= 11 is 0. The maximum atomic E-state index is 5.64. The molecule has 3 atom stereocenters. The van der Waals surface area contributed by atoms with E-state index < -0.39 is 0 Å². The Bertz CT molecular complexity index is 682. The van der Waals surface area contributed by atoms with Crippen LogP contribution in [0.1, 0.15) is 18.4 Å². The van der Waals surface area contributed by atoms with Gasteiger partial charge in [0.05, 0.1) is 21.3 Å². The predicted molar refractivity (Wildman–Crippen MR) is 107 cm³/mol. The number of piperazine rings is 1. The molecule has 2 fully saturated rings. The molecule has 1 saturated heterocycles. The van der Waals surface area contributed by atoms with Gasteiger partial charge in [0.1, 0.15) is 0 Å². The van der Waals surface area contributed by atoms with Crippen molar-refractivity contribution in [3.63, 3.8) is 0 Å². The molecule has 0 unspecified atom stereocenters. The molecule has 0 aromatic heterocycles. The van der Waals surface area contributed by atoms with Crippen LogP contribution in [0.25, 0.3) is 0 Å². The van der Waals surface area contributed by atoms with Crippen molar-refractivity contribution in [2.75, 3.05) is 54.1 Å². The van der Waals surface area contributed by atoms with E-state index in [1.54, 1.807) is 21.3 Å². The van der Waals surface area contributed by atoms with Gasteiger partial charge in [-0.15, -0.1) is 0 Å². The number of methoxy groups -OCH3 is 3. The van der Waals surface area contributed by atoms with Crippen molar-refractivity contribution >= 4 is 0 Å². The minimum atomic E-state index is 0.681. The monoisotopic (exact) mass is 372 g/mol. The fourth-order valence-electron chi connectivity index (χ4n) is 5.09. The second-order valence-corrected chi connectivity index (χ2v) is 8.11. The molecule has 0 amide bonds. The maximum absolute atomic E-state index is 5.64. The molecule has 2 aliphatic carbocycles. The highest BCUT2D eigenvalue weighted by Crippen LogP contribution is 2.44. The Morgan fingerprint density at radius 3 is 2.19 bits per heavy atom. The first kappa shape index (κ1) is 18.6. The van der Waals surface area contributed by atoms with Crippen molar-refractivity contribution in [2.24, 2.45) is 17.8 Å². The van der Waals surface area contributed by atoms with Crippen LogP contribution < -0.4 is 14.2 Å². The summed E-state index contributed by atoms with van der Waals surface area (Å²) in [6, 6.07) is 4.06. The average molecular weight is 373 g/mol. The highest BCUT2D eigenvalue weighted by Gasteiger charge is 2.36. The highest BCUT2D eigenvalue weighted by atomic mass is 16.5. The topological polar surface area (TPSA) is 34.2 Å². The molecular formula is C22H32N2O3. The lowest BCUT2D eigenvalue weighted by molar-refractivity contribution is 0.108. The summed E-state index contributed by atoms with van der Waals surface area (Å²) in [7, 11) is 5.01. The van der Waals surface area contributed by atoms with E-state index >= 15 is 0 Å². The van der Waals surface area contributed by atoms with Crippen LogP contribution in [0.2, 0.25) is 0 Å². The molecule has 0 N–H and O–H groups in total. The Morgan fingerprint density at radius 1 is 0.852 bits per heavy atom. The van der Waals surface area contributed by atoms with E-state index in [4.69, 9.17) is 14.2 Å². The number of hydrogen-bond acceptors (Lipinski definition) is 5. The summed E-state index contributed by atoms with van der Waals surface area (Å²) in [4.78, 5) is 5.18. The van der Waals surface area contributed by atoms with Crippen molar-refractivity contribution in [1.82, 2.24) is 9.80 Å². The van der Waals surface area contributed by atoms with Gasteiger partial charge in [0, 0.05) is 44.8 Å². The fraction of sp³-hybridized carbons (Fsp3) is 0.636. The van der Waals surface area contributed by atoms with Crippen LogP contribution in [0, 0.1) is 17.8 Å². The van der Waals surface area contributed by atoms with E-state index in [1.807, 2.05) is 6.07 Å². The SMILES string of the molecule is COc1ccc(CN2CCN(C[C@@H]3C[C@@H]4C=C[C@@H]3C4)CC2)c(OC)c1OC. The molecule has 0 radical (unpaired) electrons. The molecule has 1 aliphatic heterocycles. The predicted octanol–water partition coefficient (Wildman–Crippen LogP) is 3.04. The van der Waals surface area contributed by atoms with E-state index in [0.717, 1.165) is 61.8 Å². The lowest BCUT2D eigenvalue weighted by Crippen LogP contribution is -2.47. The lowest BCUT2D eigenvalue weighted by Gasteiger charge is -2.37. The number of allylic oxidation sites excluding steroid dienone is 2. The Morgan fingerprint density at radius 2 is 1.59 bits per heavy atom. The standard InChI is InChI=1S/C22H32N2O3/c1-25-20-7-6-18(21(26-2)22(20)27-3)14-23-8-10-24(11-9-23)15-19-13-16-4-5-17(19)12-16/h4-7,16-17,19H,8-15H2,1-3H3/t16-,17-,19+/m1/s1. The minimum Gasteiger partial charge on any atom is -0.493 e. The third-order valence-electron chi connectivity index (χ3n) is 6.55. The number of nitrogens with zero attached hydrogens (tertiary/aromatic N) is 2. The summed E-state index contributed by atoms with van der Waals surface area (Å²) in [5.74, 6) is 4.79. The number of hydrogen-bond donors (Lipinski definition) is 0. The molecule has 1 aromatic rings. The Hall–Kier alpha value is -1.72. The normalized spacial score (nSPS) is 27.9. The molecule has 5 nitrogen and oxygen atoms in total. The van der Waals surface area contributed by atoms with Gasteiger partial charge in [0.25, 0.3) is 0 Å². The summed E-state index contributed by atoms with van der Waals surface area (Å²) in [6.45, 7) is 6.69. The zero-order valence-electron chi connectivity index (χ0n) is 16.8. The van der Waals surface area contributed by atoms with Gasteiger partial charge in [-0.3, -0.25) is 4.90 Å². The summed E-state index contributed by atoms with van der Waals surface area (Å²) in [6.07, 6.45) is 7.72. The lowest BCUT2D eigenvalue weighted by atomic mass is 9.93. The quantitative estimate of drug-likeness (QED) is 0.687. The molecule has 4 rings (SSSR count). The van der Waals surface area contributed by atoms with Gasteiger partial charge in [0.15, 0.2) is 11.5 Å². The largest absolute Gasteiger partial charge is 0.493 e. The molecule has 3 aliphatic rings. The average Bonchev–Trinajstić information content (AvgIpc) is 3.32. The van der Waals surface area contributed by atoms with Crippen molar-refractivity contribution in [1.29, 1.82) is 0 Å². The fourth-order valence-corrected chi connectivity index (χ4v) is 5.09. The van der Waals surface area contributed by atoms with Gasteiger partial charge in [0.2, 0.25) is 5.75 Å². The first-order chi connectivity index (χ1) is 13.2. The molecule has 1 aromatic carbocycles. The molecule has 1 heterocycles. The van der Waals surface area contributed by atoms with Crippen molar-refractivity contribution in [3.8, 4) is 17.2 Å². The van der Waals surface area contributed by atoms with Crippen molar-refractivity contribution < 1.29 is 14.2 Å². The molecule has 27 heavy (non-hydrogen) atoms. The van der Waals surface area contributed by atoms with E-state index in [2.05, 4.69) is 28.0 Å². The Labute approximate surface area is 162 Å². The maximum Gasteiger partial charge on any atom is 0.203 e. The molecule has 148 valence electrons. The van der Waals surface area contributed by atoms with E-state index in [-0.39, 0.29) is 0 Å². The van der Waals surface area contributed by atoms with E-state index in [1.165, 1.54) is 19.4 Å². The number of ether oxygens (including phenoxy) is 3. The zero-order valence-corrected chi connectivity index (χ0v) is 16.8. The van der Waals surface area contributed by atoms with Crippen LogP contribution in [-0.4, -0.2) is 63.9 Å². The second kappa shape index (κ2) is 8.11. The van der Waals surface area contributed by atoms with Gasteiger partial charge < -0.3 is 19.1 Å². The molecule has 0 spiro atoms. The Kier molecular flexibility index (Phi) is 5.60. The Balaban J connectivity index is 1.33. The van der Waals surface area contributed by atoms with Gasteiger partial charge in [-0.2, -0.15) is 0 Å². The number of benzene rings is 1. The third-order valence-corrected chi connectivity index (χ3v) is 6.55. The molecule has 5 heteroatoms. The van der Waals surface area contributed by atoms with Gasteiger partial charge in [-0.1, -0.05) is 18.2 Å². The van der Waals surface area contributed by atoms with Crippen LogP contribution in [-0.2, 0) is 6.54 Å². The highest BCUT2D eigenvalue weighted by molar-refractivity contribution is 5.55. The third kappa shape index (κ3) is 3.81. The number of fused-ring (bicyclic) bond motifs is 2. The van der Waals surface area contributed by atoms with Crippen LogP contribution in [0.5, 0.6) is 17.2 Å². The van der Waals surface area contributed by atoms with Gasteiger partial charge in [-0.25, -0.2) is 0 Å². The van der Waals surface area contributed by atoms with Crippen LogP contribution in [0.15, 0.2) is 24.3 Å². The van der Waals surface area contributed by atoms with Gasteiger partial charge in [-0.05, 0) is 36.7 Å². The molecule has 2 bridgehead atoms. The van der Waals surface area contributed by atoms with Crippen LogP contribution in [0.3, 0.4) is 0 Å². The van der Waals surface area contributed by atoms with Crippen LogP contribution in [0.4, 0.5) is 0 Å². The van der Waals surface area contributed by atoms with Crippen molar-refractivity contribution in [3.05, 3.63) is 29.8 Å². The molecular weight excluding hydrogens is 340 g/mol. The summed E-state index contributed by atoms with van der Waals surface area (Å²) < 4.78 is 16.6. The first-order valence-electron chi connectivity index (χ1n) is 10.1. The minimum absolute atomic E-state index is 0.681. The molecule has 1 saturated carbocycles. The first-order valence-corrected chi connectivity index (χ1v) is 10.1. The van der Waals surface area contributed by atoms with Gasteiger partial charge >= 0.3 is 0 Å². The summed E-state index contributed by atoms with van der Waals surface area (Å²) in [5, 5.41) is 0. The smallest absolute Gasteiger partial charge is 0.203 e. The number of rotatable bonds is 7. The van der Waals surface area contributed by atoms with Crippen LogP contribution >= 0.6 is 0 Å². The second-order valence-electron chi connectivity index (χ2n) is 8.11. The summed E-state index contributed by atoms with van der Waals surface area (Å²) in [5.41, 5.74) is 1.15.